The molecule has 1 fully saturated rings. The summed E-state index contributed by atoms with van der Waals surface area (Å²) in [6, 6.07) is 6.03. The molecule has 6 nitrogen and oxygen atoms in total. The molecule has 0 bridgehead atoms. The van der Waals surface area contributed by atoms with Crippen LogP contribution >= 0.6 is 0 Å². The number of likely N-dealkylation sites (tertiary alicyclic amines) is 1. The summed E-state index contributed by atoms with van der Waals surface area (Å²) < 4.78 is 18.7. The van der Waals surface area contributed by atoms with Crippen LogP contribution in [-0.2, 0) is 9.53 Å². The maximum Gasteiger partial charge on any atom is 0.249 e. The van der Waals surface area contributed by atoms with E-state index >= 15 is 0 Å². The van der Waals surface area contributed by atoms with Crippen LogP contribution in [0.3, 0.4) is 0 Å². The molecule has 1 aromatic heterocycles. The number of rotatable bonds is 4. The molecular weight excluding hydrogens is 323 g/mol. The standard InChI is InChI=1S/C18H21FN4O2/c1-25-11-16(24)23-8-3-2-7-15(23)17-14(10-21-18(20)22-17)12-5-4-6-13(19)9-12/h4-6,9-10,15H,2-3,7-8,11H2,1H3,(H2,20,21,22)/t15-/m0/s1. The number of ether oxygens (including phenoxy) is 1. The van der Waals surface area contributed by atoms with Gasteiger partial charge in [-0.1, -0.05) is 12.1 Å². The monoisotopic (exact) mass is 344 g/mol. The minimum absolute atomic E-state index is 0.0202. The molecule has 0 saturated carbocycles. The van der Waals surface area contributed by atoms with Crippen molar-refractivity contribution in [3.8, 4) is 11.1 Å². The number of nitrogens with two attached hydrogens (primary N) is 1. The number of carbonyl (C=O) groups excluding carboxylic acids is 1. The molecule has 0 unspecified atom stereocenters. The second-order valence-electron chi connectivity index (χ2n) is 6.07. The fraction of sp³-hybridized carbons (Fsp3) is 0.389. The molecule has 1 aliphatic rings. The van der Waals surface area contributed by atoms with Gasteiger partial charge in [0.05, 0.1) is 11.7 Å². The maximum atomic E-state index is 13.7. The Morgan fingerprint density at radius 3 is 3.04 bits per heavy atom. The van der Waals surface area contributed by atoms with Crippen molar-refractivity contribution in [3.05, 3.63) is 42.0 Å². The Hall–Kier alpha value is -2.54. The number of carbonyl (C=O) groups is 1. The molecule has 132 valence electrons. The van der Waals surface area contributed by atoms with Gasteiger partial charge in [-0.05, 0) is 37.0 Å². The first kappa shape index (κ1) is 17.3. The van der Waals surface area contributed by atoms with E-state index in [0.29, 0.717) is 23.4 Å². The number of methoxy groups -OCH3 is 1. The minimum Gasteiger partial charge on any atom is -0.375 e. The largest absolute Gasteiger partial charge is 0.375 e. The van der Waals surface area contributed by atoms with E-state index in [9.17, 15) is 9.18 Å². The third kappa shape index (κ3) is 3.76. The topological polar surface area (TPSA) is 81.3 Å². The van der Waals surface area contributed by atoms with E-state index in [4.69, 9.17) is 10.5 Å². The lowest BCUT2D eigenvalue weighted by Gasteiger charge is -2.36. The van der Waals surface area contributed by atoms with Crippen LogP contribution in [0.25, 0.3) is 11.1 Å². The van der Waals surface area contributed by atoms with E-state index in [1.807, 2.05) is 0 Å². The number of amides is 1. The van der Waals surface area contributed by atoms with E-state index < -0.39 is 0 Å². The van der Waals surface area contributed by atoms with Gasteiger partial charge in [-0.2, -0.15) is 0 Å². The van der Waals surface area contributed by atoms with E-state index in [0.717, 1.165) is 19.3 Å². The zero-order valence-electron chi connectivity index (χ0n) is 14.1. The van der Waals surface area contributed by atoms with Gasteiger partial charge in [0.2, 0.25) is 11.9 Å². The molecule has 0 aliphatic carbocycles. The Morgan fingerprint density at radius 2 is 2.28 bits per heavy atom. The van der Waals surface area contributed by atoms with E-state index in [-0.39, 0.29) is 30.3 Å². The van der Waals surface area contributed by atoms with Crippen LogP contribution in [0.2, 0.25) is 0 Å². The van der Waals surface area contributed by atoms with Crippen LogP contribution in [0, 0.1) is 5.82 Å². The molecule has 1 amide bonds. The predicted octanol–water partition coefficient (Wildman–Crippen LogP) is 2.56. The number of nitrogen functional groups attached to an aromatic ring is 1. The molecule has 2 N–H and O–H groups in total. The van der Waals surface area contributed by atoms with Crippen LogP contribution in [0.4, 0.5) is 10.3 Å². The van der Waals surface area contributed by atoms with Gasteiger partial charge >= 0.3 is 0 Å². The summed E-state index contributed by atoms with van der Waals surface area (Å²) in [6.45, 7) is 0.658. The van der Waals surface area contributed by atoms with Crippen molar-refractivity contribution >= 4 is 11.9 Å². The predicted molar refractivity (Wildman–Crippen MR) is 92.0 cm³/mol. The van der Waals surface area contributed by atoms with E-state index in [2.05, 4.69) is 9.97 Å². The summed E-state index contributed by atoms with van der Waals surface area (Å²) in [4.78, 5) is 22.7. The lowest BCUT2D eigenvalue weighted by atomic mass is 9.93. The van der Waals surface area contributed by atoms with Crippen LogP contribution in [0.5, 0.6) is 0 Å². The highest BCUT2D eigenvalue weighted by Gasteiger charge is 2.31. The highest BCUT2D eigenvalue weighted by molar-refractivity contribution is 5.78. The minimum atomic E-state index is -0.337. The molecule has 3 rings (SSSR count). The molecule has 25 heavy (non-hydrogen) atoms. The van der Waals surface area contributed by atoms with Gasteiger partial charge in [-0.3, -0.25) is 4.79 Å². The van der Waals surface area contributed by atoms with Crippen molar-refractivity contribution in [2.24, 2.45) is 0 Å². The molecule has 2 aromatic rings. The van der Waals surface area contributed by atoms with Crippen molar-refractivity contribution in [3.63, 3.8) is 0 Å². The summed E-state index contributed by atoms with van der Waals surface area (Å²) in [5, 5.41) is 0. The number of hydrogen-bond acceptors (Lipinski definition) is 5. The Kier molecular flexibility index (Phi) is 5.23. The number of aromatic nitrogens is 2. The fourth-order valence-corrected chi connectivity index (χ4v) is 3.26. The van der Waals surface area contributed by atoms with Crippen LogP contribution in [-0.4, -0.2) is 41.0 Å². The van der Waals surface area contributed by atoms with Gasteiger partial charge in [0.15, 0.2) is 0 Å². The number of hydrogen-bond donors (Lipinski definition) is 1. The van der Waals surface area contributed by atoms with Crippen molar-refractivity contribution < 1.29 is 13.9 Å². The summed E-state index contributed by atoms with van der Waals surface area (Å²) in [6.07, 6.45) is 4.28. The second kappa shape index (κ2) is 7.57. The van der Waals surface area contributed by atoms with Crippen molar-refractivity contribution in [2.75, 3.05) is 26.0 Å². The first-order valence-corrected chi connectivity index (χ1v) is 8.27. The average molecular weight is 344 g/mol. The van der Waals surface area contributed by atoms with E-state index in [1.165, 1.54) is 19.2 Å². The Bertz CT molecular complexity index is 768. The molecular formula is C18H21FN4O2. The molecule has 1 aliphatic heterocycles. The van der Waals surface area contributed by atoms with Crippen LogP contribution < -0.4 is 5.73 Å². The summed E-state index contributed by atoms with van der Waals surface area (Å²) >= 11 is 0. The molecule has 7 heteroatoms. The van der Waals surface area contributed by atoms with Gasteiger partial charge in [0, 0.05) is 25.4 Å². The van der Waals surface area contributed by atoms with Gasteiger partial charge in [-0.25, -0.2) is 14.4 Å². The summed E-state index contributed by atoms with van der Waals surface area (Å²) in [7, 11) is 1.50. The van der Waals surface area contributed by atoms with Gasteiger partial charge < -0.3 is 15.4 Å². The smallest absolute Gasteiger partial charge is 0.249 e. The van der Waals surface area contributed by atoms with Gasteiger partial charge in [0.1, 0.15) is 12.4 Å². The molecule has 1 aromatic carbocycles. The average Bonchev–Trinajstić information content (AvgIpc) is 2.62. The third-order valence-corrected chi connectivity index (χ3v) is 4.38. The lowest BCUT2D eigenvalue weighted by molar-refractivity contribution is -0.139. The van der Waals surface area contributed by atoms with Crippen molar-refractivity contribution in [1.82, 2.24) is 14.9 Å². The highest BCUT2D eigenvalue weighted by atomic mass is 19.1. The van der Waals surface area contributed by atoms with Gasteiger partial charge in [-0.15, -0.1) is 0 Å². The number of nitrogens with zero attached hydrogens (tertiary/aromatic N) is 3. The Morgan fingerprint density at radius 1 is 1.44 bits per heavy atom. The normalized spacial score (nSPS) is 17.5. The quantitative estimate of drug-likeness (QED) is 0.922. The zero-order valence-corrected chi connectivity index (χ0v) is 14.1. The second-order valence-corrected chi connectivity index (χ2v) is 6.07. The van der Waals surface area contributed by atoms with Gasteiger partial charge in [0.25, 0.3) is 0 Å². The molecule has 0 spiro atoms. The third-order valence-electron chi connectivity index (χ3n) is 4.38. The molecule has 1 saturated heterocycles. The molecule has 1 atom stereocenters. The fourth-order valence-electron chi connectivity index (χ4n) is 3.26. The van der Waals surface area contributed by atoms with Crippen molar-refractivity contribution in [2.45, 2.75) is 25.3 Å². The number of benzene rings is 1. The first-order chi connectivity index (χ1) is 12.1. The van der Waals surface area contributed by atoms with Crippen LogP contribution in [0.15, 0.2) is 30.5 Å². The Labute approximate surface area is 145 Å². The number of halogens is 1. The molecule has 2 heterocycles. The highest BCUT2D eigenvalue weighted by Crippen LogP contribution is 2.36. The SMILES string of the molecule is COCC(=O)N1CCCC[C@H]1c1nc(N)ncc1-c1cccc(F)c1. The molecule has 0 radical (unpaired) electrons. The van der Waals surface area contributed by atoms with Crippen molar-refractivity contribution in [1.29, 1.82) is 0 Å². The zero-order chi connectivity index (χ0) is 17.8. The van der Waals surface area contributed by atoms with Crippen LogP contribution in [0.1, 0.15) is 31.0 Å². The Balaban J connectivity index is 2.05. The van der Waals surface area contributed by atoms with E-state index in [1.54, 1.807) is 23.2 Å². The maximum absolute atomic E-state index is 13.7. The summed E-state index contributed by atoms with van der Waals surface area (Å²) in [5.74, 6) is -0.286. The number of piperidine rings is 1. The first-order valence-electron chi connectivity index (χ1n) is 8.27. The number of anilines is 1. The lowest BCUT2D eigenvalue weighted by Crippen LogP contribution is -2.41. The summed E-state index contributed by atoms with van der Waals surface area (Å²) in [5.41, 5.74) is 7.81.